The summed E-state index contributed by atoms with van der Waals surface area (Å²) in [6, 6.07) is 18.6. The van der Waals surface area contributed by atoms with Gasteiger partial charge in [0, 0.05) is 42.7 Å². The standard InChI is InChI=1S/C26H31ClN2O/c27-23-11-7-10-21(14-23)15-25(30)29-18-22-17-28(16-20-8-3-1-4-9-20)19-24(22)26(29)12-5-2-6-13-26/h1,3-4,7-11,14,22,24H,2,5-6,12-13,15-19H2/t22-,24+/m1/s1. The molecule has 2 aromatic rings. The van der Waals surface area contributed by atoms with Crippen molar-refractivity contribution in [2.75, 3.05) is 19.6 Å². The van der Waals surface area contributed by atoms with Crippen molar-refractivity contribution in [3.8, 4) is 0 Å². The topological polar surface area (TPSA) is 23.6 Å². The number of amides is 1. The van der Waals surface area contributed by atoms with Crippen molar-refractivity contribution in [2.45, 2.75) is 50.6 Å². The van der Waals surface area contributed by atoms with Crippen LogP contribution in [0.3, 0.4) is 0 Å². The van der Waals surface area contributed by atoms with Gasteiger partial charge in [-0.2, -0.15) is 0 Å². The van der Waals surface area contributed by atoms with Crippen molar-refractivity contribution in [3.63, 3.8) is 0 Å². The summed E-state index contributed by atoms with van der Waals surface area (Å²) < 4.78 is 0. The Morgan fingerprint density at radius 2 is 1.70 bits per heavy atom. The molecule has 1 spiro atoms. The Hall–Kier alpha value is -1.84. The highest BCUT2D eigenvalue weighted by Gasteiger charge is 2.57. The van der Waals surface area contributed by atoms with E-state index < -0.39 is 0 Å². The summed E-state index contributed by atoms with van der Waals surface area (Å²) in [5, 5.41) is 0.711. The van der Waals surface area contributed by atoms with Gasteiger partial charge < -0.3 is 4.90 Å². The Bertz CT molecular complexity index is 893. The van der Waals surface area contributed by atoms with E-state index in [0.29, 0.717) is 29.2 Å². The smallest absolute Gasteiger partial charge is 0.227 e. The summed E-state index contributed by atoms with van der Waals surface area (Å²) in [6.45, 7) is 4.19. The SMILES string of the molecule is O=C(Cc1cccc(Cl)c1)N1C[C@H]2CN(Cc3ccccc3)C[C@@H]2C12CCCCC2. The van der Waals surface area contributed by atoms with Gasteiger partial charge in [0.15, 0.2) is 0 Å². The molecule has 158 valence electrons. The fourth-order valence-corrected chi connectivity index (χ4v) is 6.63. The zero-order valence-corrected chi connectivity index (χ0v) is 18.4. The van der Waals surface area contributed by atoms with Gasteiger partial charge in [-0.15, -0.1) is 0 Å². The highest BCUT2D eigenvalue weighted by Crippen LogP contribution is 2.51. The quantitative estimate of drug-likeness (QED) is 0.678. The fourth-order valence-electron chi connectivity index (χ4n) is 6.41. The van der Waals surface area contributed by atoms with E-state index >= 15 is 0 Å². The molecule has 30 heavy (non-hydrogen) atoms. The number of nitrogens with zero attached hydrogens (tertiary/aromatic N) is 2. The van der Waals surface area contributed by atoms with Crippen molar-refractivity contribution in [3.05, 3.63) is 70.7 Å². The summed E-state index contributed by atoms with van der Waals surface area (Å²) in [4.78, 5) is 18.4. The van der Waals surface area contributed by atoms with Gasteiger partial charge in [-0.25, -0.2) is 0 Å². The number of likely N-dealkylation sites (tertiary alicyclic amines) is 2. The molecule has 2 aliphatic heterocycles. The Labute approximate surface area is 185 Å². The summed E-state index contributed by atoms with van der Waals surface area (Å²) in [7, 11) is 0. The monoisotopic (exact) mass is 422 g/mol. The maximum absolute atomic E-state index is 13.5. The molecule has 3 fully saturated rings. The number of halogens is 1. The zero-order chi connectivity index (χ0) is 20.6. The molecule has 0 N–H and O–H groups in total. The first kappa shape index (κ1) is 20.1. The van der Waals surface area contributed by atoms with E-state index in [2.05, 4.69) is 40.1 Å². The van der Waals surface area contributed by atoms with Crippen molar-refractivity contribution in [2.24, 2.45) is 11.8 Å². The van der Waals surface area contributed by atoms with Gasteiger partial charge in [0.2, 0.25) is 5.91 Å². The Balaban J connectivity index is 1.34. The second-order valence-corrected chi connectivity index (χ2v) is 9.96. The van der Waals surface area contributed by atoms with Crippen LogP contribution in [0.25, 0.3) is 0 Å². The van der Waals surface area contributed by atoms with Gasteiger partial charge in [0.1, 0.15) is 0 Å². The van der Waals surface area contributed by atoms with E-state index in [1.807, 2.05) is 24.3 Å². The highest BCUT2D eigenvalue weighted by molar-refractivity contribution is 6.30. The molecular weight excluding hydrogens is 392 g/mol. The summed E-state index contributed by atoms with van der Waals surface area (Å²) in [6.07, 6.45) is 6.63. The van der Waals surface area contributed by atoms with Crippen molar-refractivity contribution >= 4 is 17.5 Å². The van der Waals surface area contributed by atoms with Crippen LogP contribution >= 0.6 is 11.6 Å². The molecule has 3 aliphatic rings. The lowest BCUT2D eigenvalue weighted by Crippen LogP contribution is -2.53. The molecule has 2 heterocycles. The fraction of sp³-hybridized carbons (Fsp3) is 0.500. The molecule has 0 radical (unpaired) electrons. The molecular formula is C26H31ClN2O. The normalized spacial score (nSPS) is 25.6. The van der Waals surface area contributed by atoms with Crippen LogP contribution in [0.2, 0.25) is 5.02 Å². The largest absolute Gasteiger partial charge is 0.336 e. The van der Waals surface area contributed by atoms with Crippen LogP contribution in [0.5, 0.6) is 0 Å². The van der Waals surface area contributed by atoms with Crippen molar-refractivity contribution < 1.29 is 4.79 Å². The van der Waals surface area contributed by atoms with Crippen molar-refractivity contribution in [1.29, 1.82) is 0 Å². The van der Waals surface area contributed by atoms with Crippen LogP contribution in [-0.2, 0) is 17.8 Å². The minimum Gasteiger partial charge on any atom is -0.336 e. The Kier molecular flexibility index (Phi) is 5.59. The molecule has 0 unspecified atom stereocenters. The lowest BCUT2D eigenvalue weighted by atomic mass is 9.71. The third-order valence-electron chi connectivity index (χ3n) is 7.68. The third kappa shape index (κ3) is 3.78. The Morgan fingerprint density at radius 1 is 0.933 bits per heavy atom. The van der Waals surface area contributed by atoms with Gasteiger partial charge in [-0.1, -0.05) is 73.3 Å². The van der Waals surface area contributed by atoms with Gasteiger partial charge in [0.05, 0.1) is 6.42 Å². The van der Waals surface area contributed by atoms with Crippen LogP contribution in [0.4, 0.5) is 0 Å². The van der Waals surface area contributed by atoms with E-state index in [1.165, 1.54) is 37.7 Å². The van der Waals surface area contributed by atoms with Crippen molar-refractivity contribution in [1.82, 2.24) is 9.80 Å². The third-order valence-corrected chi connectivity index (χ3v) is 7.91. The first-order chi connectivity index (χ1) is 14.6. The molecule has 2 saturated heterocycles. The predicted octanol–water partition coefficient (Wildman–Crippen LogP) is 5.18. The van der Waals surface area contributed by atoms with E-state index in [0.717, 1.165) is 31.7 Å². The van der Waals surface area contributed by atoms with E-state index in [1.54, 1.807) is 0 Å². The number of hydrogen-bond acceptors (Lipinski definition) is 2. The number of carbonyl (C=O) groups excluding carboxylic acids is 1. The maximum Gasteiger partial charge on any atom is 0.227 e. The van der Waals surface area contributed by atoms with Gasteiger partial charge in [-0.05, 0) is 42.0 Å². The zero-order valence-electron chi connectivity index (χ0n) is 17.6. The number of fused-ring (bicyclic) bond motifs is 2. The van der Waals surface area contributed by atoms with E-state index in [4.69, 9.17) is 11.6 Å². The minimum atomic E-state index is 0.0734. The van der Waals surface area contributed by atoms with Crippen LogP contribution in [0.1, 0.15) is 43.2 Å². The lowest BCUT2D eigenvalue weighted by Gasteiger charge is -2.45. The molecule has 4 heteroatoms. The molecule has 0 bridgehead atoms. The van der Waals surface area contributed by atoms with Gasteiger partial charge in [-0.3, -0.25) is 9.69 Å². The molecule has 2 atom stereocenters. The Morgan fingerprint density at radius 3 is 2.47 bits per heavy atom. The molecule has 5 rings (SSSR count). The molecule has 1 aliphatic carbocycles. The minimum absolute atomic E-state index is 0.0734. The average molecular weight is 423 g/mol. The molecule has 0 aromatic heterocycles. The first-order valence-electron chi connectivity index (χ1n) is 11.5. The van der Waals surface area contributed by atoms with Crippen LogP contribution < -0.4 is 0 Å². The second kappa shape index (κ2) is 8.36. The summed E-state index contributed by atoms with van der Waals surface area (Å²) in [5.74, 6) is 1.52. The maximum atomic E-state index is 13.5. The number of carbonyl (C=O) groups is 1. The molecule has 3 nitrogen and oxygen atoms in total. The van der Waals surface area contributed by atoms with Gasteiger partial charge >= 0.3 is 0 Å². The van der Waals surface area contributed by atoms with Gasteiger partial charge in [0.25, 0.3) is 0 Å². The predicted molar refractivity (Wildman–Crippen MR) is 121 cm³/mol. The van der Waals surface area contributed by atoms with Crippen LogP contribution in [0, 0.1) is 11.8 Å². The van der Waals surface area contributed by atoms with Crippen LogP contribution in [-0.4, -0.2) is 40.9 Å². The highest BCUT2D eigenvalue weighted by atomic mass is 35.5. The average Bonchev–Trinajstić information content (AvgIpc) is 3.27. The molecule has 1 amide bonds. The van der Waals surface area contributed by atoms with E-state index in [9.17, 15) is 4.79 Å². The second-order valence-electron chi connectivity index (χ2n) is 9.52. The number of rotatable bonds is 4. The lowest BCUT2D eigenvalue weighted by molar-refractivity contribution is -0.137. The number of benzene rings is 2. The summed E-state index contributed by atoms with van der Waals surface area (Å²) >= 11 is 6.16. The number of hydrogen-bond donors (Lipinski definition) is 0. The van der Waals surface area contributed by atoms with E-state index in [-0.39, 0.29) is 5.54 Å². The first-order valence-corrected chi connectivity index (χ1v) is 11.8. The summed E-state index contributed by atoms with van der Waals surface area (Å²) in [5.41, 5.74) is 2.49. The van der Waals surface area contributed by atoms with Crippen LogP contribution in [0.15, 0.2) is 54.6 Å². The molecule has 1 saturated carbocycles. The molecule has 2 aromatic carbocycles.